The number of aliphatic hydroxyl groups excluding tert-OH is 2. The zero-order valence-electron chi connectivity index (χ0n) is 11.7. The molecule has 7 heteroatoms. The third kappa shape index (κ3) is 3.11. The van der Waals surface area contributed by atoms with Crippen molar-refractivity contribution in [3.63, 3.8) is 0 Å². The molecule has 0 aliphatic carbocycles. The quantitative estimate of drug-likeness (QED) is 0.658. The average Bonchev–Trinajstić information content (AvgIpc) is 2.84. The normalized spacial score (nSPS) is 19.9. The second-order valence-electron chi connectivity index (χ2n) is 5.34. The molecule has 20 heavy (non-hydrogen) atoms. The highest BCUT2D eigenvalue weighted by molar-refractivity contribution is 7.16. The van der Waals surface area contributed by atoms with Crippen LogP contribution in [-0.2, 0) is 0 Å². The summed E-state index contributed by atoms with van der Waals surface area (Å²) in [5.41, 5.74) is 0.0707. The van der Waals surface area contributed by atoms with E-state index in [2.05, 4.69) is 0 Å². The molecule has 0 amide bonds. The zero-order valence-corrected chi connectivity index (χ0v) is 12.5. The second-order valence-corrected chi connectivity index (χ2v) is 6.40. The SMILES string of the molecule is CC(O)c1cc([N+](=O)[O-])c(N2CCC(C(C)O)CC2)s1. The molecule has 2 N–H and O–H groups in total. The predicted molar refractivity (Wildman–Crippen MR) is 78.2 cm³/mol. The van der Waals surface area contributed by atoms with E-state index < -0.39 is 11.0 Å². The Balaban J connectivity index is 2.18. The zero-order chi connectivity index (χ0) is 14.9. The van der Waals surface area contributed by atoms with Gasteiger partial charge in [-0.3, -0.25) is 10.1 Å². The van der Waals surface area contributed by atoms with E-state index in [0.717, 1.165) is 12.8 Å². The monoisotopic (exact) mass is 300 g/mol. The first kappa shape index (κ1) is 15.2. The van der Waals surface area contributed by atoms with Gasteiger partial charge >= 0.3 is 5.69 Å². The second kappa shape index (κ2) is 6.07. The molecule has 2 atom stereocenters. The van der Waals surface area contributed by atoms with Crippen LogP contribution in [0.1, 0.15) is 37.7 Å². The Hall–Kier alpha value is -1.18. The molecule has 112 valence electrons. The number of aliphatic hydroxyl groups is 2. The van der Waals surface area contributed by atoms with Crippen LogP contribution >= 0.6 is 11.3 Å². The minimum atomic E-state index is -0.692. The van der Waals surface area contributed by atoms with Gasteiger partial charge in [0.2, 0.25) is 0 Å². The molecule has 1 aromatic rings. The number of anilines is 1. The molecule has 0 spiro atoms. The summed E-state index contributed by atoms with van der Waals surface area (Å²) in [6.45, 7) is 4.81. The Morgan fingerprint density at radius 2 is 2.00 bits per heavy atom. The molecule has 2 heterocycles. The van der Waals surface area contributed by atoms with E-state index in [1.807, 2.05) is 4.90 Å². The molecule has 1 aliphatic heterocycles. The van der Waals surface area contributed by atoms with E-state index in [4.69, 9.17) is 0 Å². The smallest absolute Gasteiger partial charge is 0.304 e. The molecule has 2 unspecified atom stereocenters. The summed E-state index contributed by atoms with van der Waals surface area (Å²) >= 11 is 1.28. The van der Waals surface area contributed by atoms with E-state index in [9.17, 15) is 20.3 Å². The highest BCUT2D eigenvalue weighted by atomic mass is 32.1. The van der Waals surface area contributed by atoms with Gasteiger partial charge in [-0.15, -0.1) is 11.3 Å². The number of piperidine rings is 1. The maximum absolute atomic E-state index is 11.1. The first-order valence-electron chi connectivity index (χ1n) is 6.79. The van der Waals surface area contributed by atoms with Gasteiger partial charge in [0, 0.05) is 24.0 Å². The summed E-state index contributed by atoms with van der Waals surface area (Å²) in [5, 5.41) is 30.9. The van der Waals surface area contributed by atoms with Crippen molar-refractivity contribution in [1.82, 2.24) is 0 Å². The van der Waals surface area contributed by atoms with Gasteiger partial charge < -0.3 is 15.1 Å². The molecule has 1 saturated heterocycles. The lowest BCUT2D eigenvalue weighted by atomic mass is 9.92. The maximum atomic E-state index is 11.1. The fourth-order valence-corrected chi connectivity index (χ4v) is 3.65. The summed E-state index contributed by atoms with van der Waals surface area (Å²) < 4.78 is 0. The van der Waals surface area contributed by atoms with Crippen LogP contribution in [0.4, 0.5) is 10.7 Å². The number of hydrogen-bond acceptors (Lipinski definition) is 6. The van der Waals surface area contributed by atoms with Crippen molar-refractivity contribution in [3.8, 4) is 0 Å². The van der Waals surface area contributed by atoms with Gasteiger partial charge in [0.15, 0.2) is 5.00 Å². The fourth-order valence-electron chi connectivity index (χ4n) is 2.54. The number of nitrogens with zero attached hydrogens (tertiary/aromatic N) is 2. The van der Waals surface area contributed by atoms with Crippen molar-refractivity contribution < 1.29 is 15.1 Å². The first-order valence-corrected chi connectivity index (χ1v) is 7.61. The first-order chi connectivity index (χ1) is 9.40. The Morgan fingerprint density at radius 3 is 2.45 bits per heavy atom. The van der Waals surface area contributed by atoms with Crippen molar-refractivity contribution in [2.75, 3.05) is 18.0 Å². The summed E-state index contributed by atoms with van der Waals surface area (Å²) in [6, 6.07) is 1.46. The van der Waals surface area contributed by atoms with Crippen LogP contribution in [0.2, 0.25) is 0 Å². The van der Waals surface area contributed by atoms with Crippen molar-refractivity contribution >= 4 is 22.0 Å². The standard InChI is InChI=1S/C13H20N2O4S/c1-8(16)10-3-5-14(6-4-10)13-11(15(18)19)7-12(20-13)9(2)17/h7-10,16-17H,3-6H2,1-2H3. The van der Waals surface area contributed by atoms with Crippen molar-refractivity contribution in [1.29, 1.82) is 0 Å². The van der Waals surface area contributed by atoms with Crippen LogP contribution in [0.25, 0.3) is 0 Å². The number of nitro groups is 1. The number of rotatable bonds is 4. The van der Waals surface area contributed by atoms with Crippen LogP contribution in [0, 0.1) is 16.0 Å². The summed E-state index contributed by atoms with van der Waals surface area (Å²) in [5.74, 6) is 0.265. The van der Waals surface area contributed by atoms with Gasteiger partial charge in [-0.1, -0.05) is 0 Å². The molecule has 0 bridgehead atoms. The van der Waals surface area contributed by atoms with Crippen LogP contribution in [0.15, 0.2) is 6.07 Å². The highest BCUT2D eigenvalue weighted by Gasteiger charge is 2.29. The number of thiophene rings is 1. The fraction of sp³-hybridized carbons (Fsp3) is 0.692. The van der Waals surface area contributed by atoms with Crippen molar-refractivity contribution in [3.05, 3.63) is 21.1 Å². The Morgan fingerprint density at radius 1 is 1.40 bits per heavy atom. The van der Waals surface area contributed by atoms with E-state index >= 15 is 0 Å². The molecule has 1 aromatic heterocycles. The lowest BCUT2D eigenvalue weighted by Crippen LogP contribution is -2.36. The van der Waals surface area contributed by atoms with Gasteiger partial charge in [-0.05, 0) is 32.6 Å². The largest absolute Gasteiger partial charge is 0.393 e. The molecular weight excluding hydrogens is 280 g/mol. The molecule has 6 nitrogen and oxygen atoms in total. The van der Waals surface area contributed by atoms with Gasteiger partial charge in [0.05, 0.1) is 17.1 Å². The van der Waals surface area contributed by atoms with Gasteiger partial charge in [0.1, 0.15) is 0 Å². The van der Waals surface area contributed by atoms with E-state index in [1.165, 1.54) is 17.4 Å². The van der Waals surface area contributed by atoms with Crippen LogP contribution < -0.4 is 4.90 Å². The van der Waals surface area contributed by atoms with Crippen LogP contribution in [0.5, 0.6) is 0 Å². The van der Waals surface area contributed by atoms with Crippen molar-refractivity contribution in [2.45, 2.75) is 38.9 Å². The van der Waals surface area contributed by atoms with Crippen LogP contribution in [-0.4, -0.2) is 34.3 Å². The maximum Gasteiger partial charge on any atom is 0.304 e. The van der Waals surface area contributed by atoms with Gasteiger partial charge in [-0.25, -0.2) is 0 Å². The Bertz CT molecular complexity index is 479. The van der Waals surface area contributed by atoms with Crippen molar-refractivity contribution in [2.24, 2.45) is 5.92 Å². The molecule has 1 aliphatic rings. The molecule has 0 aromatic carbocycles. The molecule has 0 saturated carbocycles. The third-order valence-corrected chi connectivity index (χ3v) is 5.19. The highest BCUT2D eigenvalue weighted by Crippen LogP contribution is 2.41. The minimum absolute atomic E-state index is 0.0707. The third-order valence-electron chi connectivity index (χ3n) is 3.83. The Labute approximate surface area is 121 Å². The summed E-state index contributed by atoms with van der Waals surface area (Å²) in [6.07, 6.45) is 0.638. The van der Waals surface area contributed by atoms with Gasteiger partial charge in [0.25, 0.3) is 0 Å². The predicted octanol–water partition coefficient (Wildman–Crippen LogP) is 2.31. The molecule has 2 rings (SSSR count). The van der Waals surface area contributed by atoms with Gasteiger partial charge in [-0.2, -0.15) is 0 Å². The average molecular weight is 300 g/mol. The minimum Gasteiger partial charge on any atom is -0.393 e. The lowest BCUT2D eigenvalue weighted by molar-refractivity contribution is -0.383. The topological polar surface area (TPSA) is 86.8 Å². The lowest BCUT2D eigenvalue weighted by Gasteiger charge is -2.33. The Kier molecular flexibility index (Phi) is 4.62. The summed E-state index contributed by atoms with van der Waals surface area (Å²) in [7, 11) is 0. The van der Waals surface area contributed by atoms with E-state index in [0.29, 0.717) is 23.0 Å². The van der Waals surface area contributed by atoms with E-state index in [-0.39, 0.29) is 17.7 Å². The number of hydrogen-bond donors (Lipinski definition) is 2. The molecule has 1 fully saturated rings. The van der Waals surface area contributed by atoms with E-state index in [1.54, 1.807) is 13.8 Å². The molecule has 0 radical (unpaired) electrons. The summed E-state index contributed by atoms with van der Waals surface area (Å²) in [4.78, 5) is 13.4. The van der Waals surface area contributed by atoms with Crippen LogP contribution in [0.3, 0.4) is 0 Å². The molecular formula is C13H20N2O4S.